The van der Waals surface area contributed by atoms with Crippen molar-refractivity contribution in [2.24, 2.45) is 5.92 Å². The Morgan fingerprint density at radius 3 is 2.62 bits per heavy atom. The van der Waals surface area contributed by atoms with E-state index in [9.17, 15) is 0 Å². The summed E-state index contributed by atoms with van der Waals surface area (Å²) in [5, 5.41) is 3.49. The largest absolute Gasteiger partial charge is 0.382 e. The maximum absolute atomic E-state index is 3.49. The zero-order chi connectivity index (χ0) is 11.7. The predicted molar refractivity (Wildman–Crippen MR) is 71.5 cm³/mol. The number of nitrogens with zero attached hydrogens (tertiary/aromatic N) is 1. The fourth-order valence-electron chi connectivity index (χ4n) is 2.28. The van der Waals surface area contributed by atoms with E-state index in [1.807, 2.05) is 0 Å². The number of fused-ring (bicyclic) bond motifs is 1. The molecule has 1 aromatic rings. The predicted octanol–water partition coefficient (Wildman–Crippen LogP) is 3.19. The van der Waals surface area contributed by atoms with Gasteiger partial charge in [0.2, 0.25) is 0 Å². The second kappa shape index (κ2) is 4.36. The Balaban J connectivity index is 2.34. The fourth-order valence-corrected chi connectivity index (χ4v) is 2.28. The number of aryl methyl sites for hydroxylation is 2. The van der Waals surface area contributed by atoms with Crippen LogP contribution >= 0.6 is 0 Å². The van der Waals surface area contributed by atoms with Crippen molar-refractivity contribution >= 4 is 11.4 Å². The van der Waals surface area contributed by atoms with E-state index in [1.165, 1.54) is 22.5 Å². The summed E-state index contributed by atoms with van der Waals surface area (Å²) in [7, 11) is 0. The Labute approximate surface area is 98.7 Å². The smallest absolute Gasteiger partial charge is 0.0605 e. The summed E-state index contributed by atoms with van der Waals surface area (Å²) in [4.78, 5) is 2.50. The molecule has 0 aromatic heterocycles. The van der Waals surface area contributed by atoms with Crippen LogP contribution in [-0.4, -0.2) is 19.6 Å². The molecule has 1 heterocycles. The van der Waals surface area contributed by atoms with Crippen LogP contribution in [0.1, 0.15) is 25.0 Å². The minimum absolute atomic E-state index is 0.715. The number of hydrogen-bond acceptors (Lipinski definition) is 2. The molecule has 1 aliphatic heterocycles. The van der Waals surface area contributed by atoms with Gasteiger partial charge in [-0.3, -0.25) is 0 Å². The van der Waals surface area contributed by atoms with Crippen LogP contribution < -0.4 is 10.2 Å². The molecule has 0 unspecified atom stereocenters. The molecule has 0 spiro atoms. The number of hydrogen-bond donors (Lipinski definition) is 1. The average Bonchev–Trinajstić information content (AvgIpc) is 2.20. The average molecular weight is 218 g/mol. The van der Waals surface area contributed by atoms with Crippen LogP contribution in [-0.2, 0) is 0 Å². The van der Waals surface area contributed by atoms with Crippen LogP contribution in [0, 0.1) is 19.8 Å². The normalized spacial score (nSPS) is 14.9. The zero-order valence-corrected chi connectivity index (χ0v) is 10.8. The molecule has 0 atom stereocenters. The van der Waals surface area contributed by atoms with E-state index in [1.54, 1.807) is 0 Å². The highest BCUT2D eigenvalue weighted by Crippen LogP contribution is 2.32. The van der Waals surface area contributed by atoms with Crippen molar-refractivity contribution < 1.29 is 0 Å². The van der Waals surface area contributed by atoms with Crippen molar-refractivity contribution in [3.05, 3.63) is 23.3 Å². The molecular formula is C14H22N2. The second-order valence-corrected chi connectivity index (χ2v) is 5.22. The number of anilines is 2. The van der Waals surface area contributed by atoms with Gasteiger partial charge in [0.25, 0.3) is 0 Å². The minimum atomic E-state index is 0.715. The van der Waals surface area contributed by atoms with Crippen LogP contribution in [0.3, 0.4) is 0 Å². The first-order valence-corrected chi connectivity index (χ1v) is 6.18. The highest BCUT2D eigenvalue weighted by atomic mass is 15.2. The Kier molecular flexibility index (Phi) is 3.08. The summed E-state index contributed by atoms with van der Waals surface area (Å²) in [6.45, 7) is 12.3. The molecule has 0 amide bonds. The van der Waals surface area contributed by atoms with Crippen molar-refractivity contribution in [2.45, 2.75) is 27.7 Å². The molecule has 1 N–H and O–H groups in total. The lowest BCUT2D eigenvalue weighted by Crippen LogP contribution is -2.36. The third-order valence-corrected chi connectivity index (χ3v) is 3.24. The molecule has 1 aliphatic rings. The van der Waals surface area contributed by atoms with E-state index in [4.69, 9.17) is 0 Å². The molecule has 0 saturated heterocycles. The van der Waals surface area contributed by atoms with Crippen LogP contribution in [0.25, 0.3) is 0 Å². The van der Waals surface area contributed by atoms with E-state index < -0.39 is 0 Å². The Hall–Kier alpha value is -1.18. The van der Waals surface area contributed by atoms with Gasteiger partial charge in [0.1, 0.15) is 0 Å². The summed E-state index contributed by atoms with van der Waals surface area (Å²) in [5.74, 6) is 0.715. The van der Waals surface area contributed by atoms with Gasteiger partial charge in [-0.25, -0.2) is 0 Å². The molecule has 88 valence electrons. The minimum Gasteiger partial charge on any atom is -0.382 e. The molecule has 0 radical (unpaired) electrons. The lowest BCUT2D eigenvalue weighted by Gasteiger charge is -2.34. The first-order valence-electron chi connectivity index (χ1n) is 6.18. The van der Waals surface area contributed by atoms with Gasteiger partial charge in [-0.2, -0.15) is 0 Å². The number of nitrogens with one attached hydrogen (secondary N) is 1. The van der Waals surface area contributed by atoms with Crippen molar-refractivity contribution in [2.75, 3.05) is 29.9 Å². The van der Waals surface area contributed by atoms with Crippen LogP contribution in [0.15, 0.2) is 12.1 Å². The summed E-state index contributed by atoms with van der Waals surface area (Å²) in [5.41, 5.74) is 5.44. The Morgan fingerprint density at radius 2 is 1.94 bits per heavy atom. The molecule has 0 saturated carbocycles. The quantitative estimate of drug-likeness (QED) is 0.820. The van der Waals surface area contributed by atoms with Crippen LogP contribution in [0.2, 0.25) is 0 Å². The van der Waals surface area contributed by atoms with Gasteiger partial charge in [0.15, 0.2) is 0 Å². The summed E-state index contributed by atoms with van der Waals surface area (Å²) in [6.07, 6.45) is 0. The molecule has 0 aliphatic carbocycles. The first kappa shape index (κ1) is 11.3. The maximum Gasteiger partial charge on any atom is 0.0605 e. The standard InChI is InChI=1S/C14H22N2/c1-10(2)9-16-6-5-15-13-7-11(3)12(4)8-14(13)16/h7-8,10,15H,5-6,9H2,1-4H3. The van der Waals surface area contributed by atoms with Crippen LogP contribution in [0.4, 0.5) is 11.4 Å². The van der Waals surface area contributed by atoms with Crippen molar-refractivity contribution in [1.82, 2.24) is 0 Å². The monoisotopic (exact) mass is 218 g/mol. The van der Waals surface area contributed by atoms with Gasteiger partial charge < -0.3 is 10.2 Å². The highest BCUT2D eigenvalue weighted by Gasteiger charge is 2.17. The molecule has 2 heteroatoms. The molecule has 0 bridgehead atoms. The van der Waals surface area contributed by atoms with Gasteiger partial charge in [-0.05, 0) is 43.0 Å². The zero-order valence-electron chi connectivity index (χ0n) is 10.8. The maximum atomic E-state index is 3.49. The van der Waals surface area contributed by atoms with Crippen molar-refractivity contribution in [3.8, 4) is 0 Å². The fraction of sp³-hybridized carbons (Fsp3) is 0.571. The van der Waals surface area contributed by atoms with Crippen molar-refractivity contribution in [1.29, 1.82) is 0 Å². The molecular weight excluding hydrogens is 196 g/mol. The summed E-state index contributed by atoms with van der Waals surface area (Å²) < 4.78 is 0. The molecule has 0 fully saturated rings. The third kappa shape index (κ3) is 2.16. The van der Waals surface area contributed by atoms with Gasteiger partial charge in [0.05, 0.1) is 11.4 Å². The second-order valence-electron chi connectivity index (χ2n) is 5.22. The molecule has 2 nitrogen and oxygen atoms in total. The topological polar surface area (TPSA) is 15.3 Å². The van der Waals surface area contributed by atoms with Crippen molar-refractivity contribution in [3.63, 3.8) is 0 Å². The third-order valence-electron chi connectivity index (χ3n) is 3.24. The Morgan fingerprint density at radius 1 is 1.25 bits per heavy atom. The summed E-state index contributed by atoms with van der Waals surface area (Å²) >= 11 is 0. The first-order chi connectivity index (χ1) is 7.58. The number of rotatable bonds is 2. The van der Waals surface area contributed by atoms with Gasteiger partial charge in [0, 0.05) is 19.6 Å². The lowest BCUT2D eigenvalue weighted by atomic mass is 10.0. The van der Waals surface area contributed by atoms with E-state index in [0.29, 0.717) is 5.92 Å². The van der Waals surface area contributed by atoms with E-state index in [2.05, 4.69) is 50.0 Å². The van der Waals surface area contributed by atoms with E-state index >= 15 is 0 Å². The molecule has 2 rings (SSSR count). The SMILES string of the molecule is Cc1cc2c(cc1C)N(CC(C)C)CCN2. The highest BCUT2D eigenvalue weighted by molar-refractivity contribution is 5.74. The Bertz CT molecular complexity index is 383. The van der Waals surface area contributed by atoms with E-state index in [0.717, 1.165) is 19.6 Å². The van der Waals surface area contributed by atoms with Gasteiger partial charge in [-0.15, -0.1) is 0 Å². The number of benzene rings is 1. The molecule has 16 heavy (non-hydrogen) atoms. The van der Waals surface area contributed by atoms with Gasteiger partial charge >= 0.3 is 0 Å². The van der Waals surface area contributed by atoms with Crippen LogP contribution in [0.5, 0.6) is 0 Å². The van der Waals surface area contributed by atoms with E-state index in [-0.39, 0.29) is 0 Å². The summed E-state index contributed by atoms with van der Waals surface area (Å²) in [6, 6.07) is 4.59. The lowest BCUT2D eigenvalue weighted by molar-refractivity contribution is 0.610. The molecule has 1 aromatic carbocycles. The van der Waals surface area contributed by atoms with Gasteiger partial charge in [-0.1, -0.05) is 13.8 Å².